The zero-order chi connectivity index (χ0) is 12.5. The lowest BCUT2D eigenvalue weighted by atomic mass is 10.3. The summed E-state index contributed by atoms with van der Waals surface area (Å²) in [5.74, 6) is 0.0935. The quantitative estimate of drug-likeness (QED) is 0.730. The first kappa shape index (κ1) is 14.1. The predicted octanol–water partition coefficient (Wildman–Crippen LogP) is 2.02. The lowest BCUT2D eigenvalue weighted by Gasteiger charge is -2.12. The molecule has 1 rings (SSSR count). The van der Waals surface area contributed by atoms with E-state index < -0.39 is 0 Å². The SMILES string of the molecule is CC(CNC(=O)CCCN)Sc1ccccc1. The summed E-state index contributed by atoms with van der Waals surface area (Å²) in [6, 6.07) is 10.2. The number of amides is 1. The van der Waals surface area contributed by atoms with Gasteiger partial charge in [-0.1, -0.05) is 25.1 Å². The van der Waals surface area contributed by atoms with Crippen molar-refractivity contribution in [3.63, 3.8) is 0 Å². The van der Waals surface area contributed by atoms with E-state index in [0.717, 1.165) is 6.42 Å². The van der Waals surface area contributed by atoms with E-state index in [1.54, 1.807) is 11.8 Å². The summed E-state index contributed by atoms with van der Waals surface area (Å²) in [7, 11) is 0. The van der Waals surface area contributed by atoms with Crippen LogP contribution in [0.1, 0.15) is 19.8 Å². The van der Waals surface area contributed by atoms with Crippen molar-refractivity contribution in [1.29, 1.82) is 0 Å². The summed E-state index contributed by atoms with van der Waals surface area (Å²) in [5, 5.41) is 3.30. The van der Waals surface area contributed by atoms with Gasteiger partial charge in [0.05, 0.1) is 0 Å². The molecule has 0 spiro atoms. The van der Waals surface area contributed by atoms with Gasteiger partial charge in [-0.2, -0.15) is 0 Å². The third-order valence-electron chi connectivity index (χ3n) is 2.28. The maximum atomic E-state index is 11.4. The van der Waals surface area contributed by atoms with Crippen LogP contribution in [0.3, 0.4) is 0 Å². The van der Waals surface area contributed by atoms with Crippen molar-refractivity contribution in [3.8, 4) is 0 Å². The Morgan fingerprint density at radius 1 is 1.41 bits per heavy atom. The molecule has 1 aromatic rings. The van der Waals surface area contributed by atoms with Crippen molar-refractivity contribution in [2.24, 2.45) is 5.73 Å². The Hall–Kier alpha value is -1.00. The smallest absolute Gasteiger partial charge is 0.220 e. The Kier molecular flexibility index (Phi) is 6.74. The highest BCUT2D eigenvalue weighted by Gasteiger charge is 2.06. The Labute approximate surface area is 107 Å². The van der Waals surface area contributed by atoms with Crippen molar-refractivity contribution in [1.82, 2.24) is 5.32 Å². The van der Waals surface area contributed by atoms with Crippen LogP contribution in [0.5, 0.6) is 0 Å². The average molecular weight is 252 g/mol. The number of thioether (sulfide) groups is 1. The molecule has 0 radical (unpaired) electrons. The molecule has 0 aliphatic rings. The van der Waals surface area contributed by atoms with Gasteiger partial charge in [-0.05, 0) is 25.1 Å². The topological polar surface area (TPSA) is 55.1 Å². The van der Waals surface area contributed by atoms with Crippen LogP contribution in [0.4, 0.5) is 0 Å². The van der Waals surface area contributed by atoms with E-state index in [9.17, 15) is 4.79 Å². The minimum Gasteiger partial charge on any atom is -0.355 e. The minimum absolute atomic E-state index is 0.0935. The first-order valence-electron chi connectivity index (χ1n) is 5.91. The van der Waals surface area contributed by atoms with Crippen molar-refractivity contribution in [2.75, 3.05) is 13.1 Å². The highest BCUT2D eigenvalue weighted by atomic mass is 32.2. The van der Waals surface area contributed by atoms with Gasteiger partial charge in [0.15, 0.2) is 0 Å². The summed E-state index contributed by atoms with van der Waals surface area (Å²) in [4.78, 5) is 12.6. The molecule has 0 aromatic heterocycles. The largest absolute Gasteiger partial charge is 0.355 e. The van der Waals surface area contributed by atoms with Gasteiger partial charge in [0.25, 0.3) is 0 Å². The van der Waals surface area contributed by atoms with Crippen LogP contribution >= 0.6 is 11.8 Å². The second-order valence-electron chi connectivity index (χ2n) is 3.94. The zero-order valence-corrected chi connectivity index (χ0v) is 11.0. The van der Waals surface area contributed by atoms with Crippen LogP contribution in [0.2, 0.25) is 0 Å². The molecular formula is C13H20N2OS. The lowest BCUT2D eigenvalue weighted by molar-refractivity contribution is -0.121. The minimum atomic E-state index is 0.0935. The third-order valence-corrected chi connectivity index (χ3v) is 3.39. The molecule has 0 heterocycles. The number of carbonyl (C=O) groups excluding carboxylic acids is 1. The van der Waals surface area contributed by atoms with Gasteiger partial charge in [0.2, 0.25) is 5.91 Å². The molecule has 94 valence electrons. The van der Waals surface area contributed by atoms with Crippen molar-refractivity contribution >= 4 is 17.7 Å². The number of rotatable bonds is 7. The van der Waals surface area contributed by atoms with Gasteiger partial charge in [-0.3, -0.25) is 4.79 Å². The number of hydrogen-bond acceptors (Lipinski definition) is 3. The van der Waals surface area contributed by atoms with Crippen molar-refractivity contribution in [3.05, 3.63) is 30.3 Å². The number of carbonyl (C=O) groups is 1. The summed E-state index contributed by atoms with van der Waals surface area (Å²) in [6.45, 7) is 3.38. The van der Waals surface area contributed by atoms with Gasteiger partial charge in [0, 0.05) is 23.1 Å². The molecule has 0 bridgehead atoms. The molecular weight excluding hydrogens is 232 g/mol. The highest BCUT2D eigenvalue weighted by Crippen LogP contribution is 2.21. The normalized spacial score (nSPS) is 12.1. The van der Waals surface area contributed by atoms with Crippen molar-refractivity contribution in [2.45, 2.75) is 29.9 Å². The standard InChI is InChI=1S/C13H20N2OS/c1-11(10-15-13(16)8-5-9-14)17-12-6-3-2-4-7-12/h2-4,6-7,11H,5,8-10,14H2,1H3,(H,15,16). The van der Waals surface area contributed by atoms with E-state index in [0.29, 0.717) is 24.8 Å². The number of benzene rings is 1. The molecule has 17 heavy (non-hydrogen) atoms. The summed E-state index contributed by atoms with van der Waals surface area (Å²) in [6.07, 6.45) is 1.28. The fraction of sp³-hybridized carbons (Fsp3) is 0.462. The van der Waals surface area contributed by atoms with E-state index in [1.165, 1.54) is 4.90 Å². The number of hydrogen-bond donors (Lipinski definition) is 2. The van der Waals surface area contributed by atoms with Gasteiger partial charge in [-0.15, -0.1) is 11.8 Å². The second kappa shape index (κ2) is 8.14. The van der Waals surface area contributed by atoms with Gasteiger partial charge in [-0.25, -0.2) is 0 Å². The molecule has 0 fully saturated rings. The molecule has 1 amide bonds. The first-order chi connectivity index (χ1) is 8.22. The molecule has 0 aliphatic carbocycles. The van der Waals surface area contributed by atoms with Crippen LogP contribution in [-0.2, 0) is 4.79 Å². The Morgan fingerprint density at radius 2 is 2.12 bits per heavy atom. The summed E-state index contributed by atoms with van der Waals surface area (Å²) >= 11 is 1.77. The fourth-order valence-corrected chi connectivity index (χ4v) is 2.33. The first-order valence-corrected chi connectivity index (χ1v) is 6.79. The van der Waals surface area contributed by atoms with Crippen LogP contribution in [0, 0.1) is 0 Å². The molecule has 4 heteroatoms. The monoisotopic (exact) mass is 252 g/mol. The van der Waals surface area contributed by atoms with Crippen LogP contribution in [0.25, 0.3) is 0 Å². The van der Waals surface area contributed by atoms with Gasteiger partial charge < -0.3 is 11.1 Å². The number of nitrogens with two attached hydrogens (primary N) is 1. The van der Waals surface area contributed by atoms with E-state index in [1.807, 2.05) is 18.2 Å². The molecule has 3 nitrogen and oxygen atoms in total. The third kappa shape index (κ3) is 6.34. The van der Waals surface area contributed by atoms with E-state index in [2.05, 4.69) is 24.4 Å². The van der Waals surface area contributed by atoms with Gasteiger partial charge >= 0.3 is 0 Å². The molecule has 1 atom stereocenters. The maximum Gasteiger partial charge on any atom is 0.220 e. The fourth-order valence-electron chi connectivity index (χ4n) is 1.38. The van der Waals surface area contributed by atoms with E-state index in [4.69, 9.17) is 5.73 Å². The van der Waals surface area contributed by atoms with Crippen LogP contribution in [-0.4, -0.2) is 24.2 Å². The Bertz CT molecular complexity index is 329. The second-order valence-corrected chi connectivity index (χ2v) is 5.45. The molecule has 1 aromatic carbocycles. The average Bonchev–Trinajstić information content (AvgIpc) is 2.35. The van der Waals surface area contributed by atoms with Crippen LogP contribution in [0.15, 0.2) is 35.2 Å². The van der Waals surface area contributed by atoms with E-state index in [-0.39, 0.29) is 5.91 Å². The summed E-state index contributed by atoms with van der Waals surface area (Å²) in [5.41, 5.74) is 5.35. The van der Waals surface area contributed by atoms with Crippen molar-refractivity contribution < 1.29 is 4.79 Å². The maximum absolute atomic E-state index is 11.4. The highest BCUT2D eigenvalue weighted by molar-refractivity contribution is 8.00. The molecule has 0 saturated heterocycles. The Morgan fingerprint density at radius 3 is 2.76 bits per heavy atom. The van der Waals surface area contributed by atoms with Gasteiger partial charge in [0.1, 0.15) is 0 Å². The molecule has 0 aliphatic heterocycles. The molecule has 0 saturated carbocycles. The zero-order valence-electron chi connectivity index (χ0n) is 10.2. The van der Waals surface area contributed by atoms with E-state index >= 15 is 0 Å². The number of nitrogens with one attached hydrogen (secondary N) is 1. The lowest BCUT2D eigenvalue weighted by Crippen LogP contribution is -2.29. The molecule has 1 unspecified atom stereocenters. The summed E-state index contributed by atoms with van der Waals surface area (Å²) < 4.78 is 0. The Balaban J connectivity index is 2.21. The molecule has 3 N–H and O–H groups in total. The predicted molar refractivity (Wildman–Crippen MR) is 73.1 cm³/mol. The van der Waals surface area contributed by atoms with Crippen LogP contribution < -0.4 is 11.1 Å².